The zero-order valence-corrected chi connectivity index (χ0v) is 20.8. The predicted molar refractivity (Wildman–Crippen MR) is 125 cm³/mol. The van der Waals surface area contributed by atoms with Crippen molar-refractivity contribution in [1.29, 1.82) is 5.26 Å². The Labute approximate surface area is 199 Å². The quantitative estimate of drug-likeness (QED) is 0.397. The molecule has 2 saturated carbocycles. The lowest BCUT2D eigenvalue weighted by Crippen LogP contribution is -2.61. The number of piperidine rings is 1. The number of ether oxygens (including phenoxy) is 1. The highest BCUT2D eigenvalue weighted by atomic mass is 79.9. The smallest absolute Gasteiger partial charge is 0.237 e. The molecule has 0 bridgehead atoms. The van der Waals surface area contributed by atoms with Crippen molar-refractivity contribution in [2.75, 3.05) is 13.6 Å². The van der Waals surface area contributed by atoms with Gasteiger partial charge in [-0.25, -0.2) is 0 Å². The van der Waals surface area contributed by atoms with Crippen LogP contribution in [0.15, 0.2) is 0 Å². The molecule has 1 amide bonds. The van der Waals surface area contributed by atoms with Gasteiger partial charge in [-0.15, -0.1) is 0 Å². The van der Waals surface area contributed by atoms with Crippen LogP contribution in [0.2, 0.25) is 0 Å². The summed E-state index contributed by atoms with van der Waals surface area (Å²) in [5, 5.41) is 29.4. The number of fused-ring (bicyclic) bond motifs is 1. The summed E-state index contributed by atoms with van der Waals surface area (Å²) in [6, 6.07) is 3.06. The van der Waals surface area contributed by atoms with Gasteiger partial charge >= 0.3 is 0 Å². The largest absolute Gasteiger partial charge is 0.393 e. The number of rotatable bonds is 6. The van der Waals surface area contributed by atoms with Gasteiger partial charge < -0.3 is 15.2 Å². The van der Waals surface area contributed by atoms with Crippen LogP contribution < -0.4 is 16.0 Å². The third-order valence-corrected chi connectivity index (χ3v) is 9.35. The molecule has 32 heavy (non-hydrogen) atoms. The van der Waals surface area contributed by atoms with Gasteiger partial charge in [0.25, 0.3) is 0 Å². The fraction of sp³-hybridized carbons (Fsp3) is 0.913. The number of nitriles is 1. The molecule has 2 aliphatic carbocycles. The molecule has 0 aromatic heterocycles. The third kappa shape index (κ3) is 5.48. The normalized spacial score (nSPS) is 42.9. The number of likely N-dealkylation sites (N-methyl/N-ethyl adjacent to an activating group) is 1. The van der Waals surface area contributed by atoms with E-state index in [4.69, 9.17) is 4.74 Å². The van der Waals surface area contributed by atoms with Crippen LogP contribution in [0.25, 0.3) is 0 Å². The Morgan fingerprint density at radius 1 is 1.22 bits per heavy atom. The Kier molecular flexibility index (Phi) is 8.12. The molecule has 5 unspecified atom stereocenters. The number of amides is 1. The minimum absolute atomic E-state index is 0.0735. The summed E-state index contributed by atoms with van der Waals surface area (Å²) in [5.41, 5.74) is 0. The van der Waals surface area contributed by atoms with Gasteiger partial charge in [-0.2, -0.15) is 5.26 Å². The molecule has 0 spiro atoms. The van der Waals surface area contributed by atoms with E-state index in [1.54, 1.807) is 0 Å². The molecule has 0 aromatic carbocycles. The standard InChI is InChI=1S/C23H38BrN5O3/c1-13(23(31)28-15-5-8-17(30)9-15)29(2)16-6-3-14(4-7-16)27-22-21(24)19-10-18(11-25)32-20(19)12-26-22/h13-22,26-27,30H,3-10,12H2,1-2H3,(H,28,31)/t13-,14?,15-,16?,17+,18?,19?,20?,21?,22?/m0/s1. The van der Waals surface area contributed by atoms with E-state index in [-0.39, 0.29) is 47.3 Å². The van der Waals surface area contributed by atoms with E-state index in [0.717, 1.165) is 51.5 Å². The van der Waals surface area contributed by atoms with E-state index in [1.807, 2.05) is 6.92 Å². The second kappa shape index (κ2) is 10.7. The van der Waals surface area contributed by atoms with Gasteiger partial charge in [0.2, 0.25) is 5.91 Å². The summed E-state index contributed by atoms with van der Waals surface area (Å²) in [7, 11) is 2.06. The van der Waals surface area contributed by atoms with Crippen LogP contribution in [0, 0.1) is 17.2 Å². The fourth-order valence-electron chi connectivity index (χ4n) is 5.95. The number of hydrogen-bond donors (Lipinski definition) is 4. The first-order valence-electron chi connectivity index (χ1n) is 12.2. The number of nitrogens with one attached hydrogen (secondary N) is 3. The van der Waals surface area contributed by atoms with E-state index >= 15 is 0 Å². The van der Waals surface area contributed by atoms with E-state index in [9.17, 15) is 15.2 Å². The van der Waals surface area contributed by atoms with Crippen LogP contribution in [0.1, 0.15) is 58.3 Å². The molecule has 0 radical (unpaired) electrons. The maximum Gasteiger partial charge on any atom is 0.237 e. The van der Waals surface area contributed by atoms with E-state index < -0.39 is 0 Å². The van der Waals surface area contributed by atoms with Gasteiger partial charge in [-0.1, -0.05) is 15.9 Å². The Balaban J connectivity index is 1.21. The van der Waals surface area contributed by atoms with Crippen molar-refractivity contribution in [2.45, 2.75) is 112 Å². The van der Waals surface area contributed by atoms with Crippen molar-refractivity contribution in [2.24, 2.45) is 5.92 Å². The lowest BCUT2D eigenvalue weighted by molar-refractivity contribution is -0.127. The van der Waals surface area contributed by atoms with Crippen LogP contribution in [-0.2, 0) is 9.53 Å². The van der Waals surface area contributed by atoms with Crippen LogP contribution >= 0.6 is 15.9 Å². The molecule has 180 valence electrons. The van der Waals surface area contributed by atoms with Gasteiger partial charge in [0.15, 0.2) is 0 Å². The van der Waals surface area contributed by atoms with Gasteiger partial charge in [-0.05, 0) is 65.3 Å². The Hall–Kier alpha value is -0.760. The average Bonchev–Trinajstić information content (AvgIpc) is 3.41. The Morgan fingerprint density at radius 2 is 1.94 bits per heavy atom. The van der Waals surface area contributed by atoms with Gasteiger partial charge in [0, 0.05) is 35.4 Å². The minimum Gasteiger partial charge on any atom is -0.393 e. The zero-order chi connectivity index (χ0) is 22.8. The first-order valence-corrected chi connectivity index (χ1v) is 13.2. The highest BCUT2D eigenvalue weighted by Gasteiger charge is 2.45. The average molecular weight is 512 g/mol. The maximum atomic E-state index is 12.7. The van der Waals surface area contributed by atoms with Crippen LogP contribution in [0.5, 0.6) is 0 Å². The topological polar surface area (TPSA) is 110 Å². The van der Waals surface area contributed by atoms with Crippen molar-refractivity contribution < 1.29 is 14.6 Å². The monoisotopic (exact) mass is 511 g/mol. The van der Waals surface area contributed by atoms with Crippen molar-refractivity contribution in [3.05, 3.63) is 0 Å². The molecule has 2 saturated heterocycles. The number of hydrogen-bond acceptors (Lipinski definition) is 7. The van der Waals surface area contributed by atoms with Crippen LogP contribution in [0.3, 0.4) is 0 Å². The number of halogens is 1. The third-order valence-electron chi connectivity index (χ3n) is 8.14. The number of aliphatic hydroxyl groups is 1. The SMILES string of the molecule is C[C@@H](C(=O)N[C@H]1CC[C@@H](O)C1)N(C)C1CCC(NC2NCC3OC(C#N)CC3C2Br)CC1. The van der Waals surface area contributed by atoms with Crippen molar-refractivity contribution >= 4 is 21.8 Å². The van der Waals surface area contributed by atoms with Gasteiger partial charge in [0.05, 0.1) is 30.5 Å². The van der Waals surface area contributed by atoms with E-state index in [2.05, 4.69) is 49.9 Å². The molecular formula is C23H38BrN5O3. The summed E-state index contributed by atoms with van der Waals surface area (Å²) in [5.74, 6) is 0.436. The first-order chi connectivity index (χ1) is 15.4. The summed E-state index contributed by atoms with van der Waals surface area (Å²) in [6.45, 7) is 2.77. The Morgan fingerprint density at radius 3 is 2.59 bits per heavy atom. The first kappa shape index (κ1) is 24.4. The van der Waals surface area contributed by atoms with Crippen molar-refractivity contribution in [3.8, 4) is 6.07 Å². The maximum absolute atomic E-state index is 12.7. The summed E-state index contributed by atoms with van der Waals surface area (Å²) >= 11 is 3.87. The van der Waals surface area contributed by atoms with Crippen LogP contribution in [-0.4, -0.2) is 83.0 Å². The van der Waals surface area contributed by atoms with E-state index in [1.165, 1.54) is 0 Å². The number of nitrogens with zero attached hydrogens (tertiary/aromatic N) is 2. The molecule has 0 aromatic rings. The molecule has 2 heterocycles. The van der Waals surface area contributed by atoms with Crippen molar-refractivity contribution in [1.82, 2.24) is 20.9 Å². The summed E-state index contributed by atoms with van der Waals surface area (Å²) < 4.78 is 5.82. The van der Waals surface area contributed by atoms with Crippen LogP contribution in [0.4, 0.5) is 0 Å². The minimum atomic E-state index is -0.283. The van der Waals surface area contributed by atoms with Gasteiger partial charge in [-0.3, -0.25) is 20.3 Å². The Bertz CT molecular complexity index is 698. The molecule has 8 atom stereocenters. The number of carbonyl (C=O) groups excluding carboxylic acids is 1. The summed E-state index contributed by atoms with van der Waals surface area (Å²) in [6.07, 6.45) is 7.18. The zero-order valence-electron chi connectivity index (χ0n) is 19.2. The number of alkyl halides is 1. The van der Waals surface area contributed by atoms with Crippen molar-refractivity contribution in [3.63, 3.8) is 0 Å². The van der Waals surface area contributed by atoms with E-state index in [0.29, 0.717) is 24.4 Å². The second-order valence-electron chi connectivity index (χ2n) is 10.2. The molecule has 9 heteroatoms. The van der Waals surface area contributed by atoms with Gasteiger partial charge in [0.1, 0.15) is 6.10 Å². The molecule has 4 aliphatic rings. The molecule has 2 aliphatic heterocycles. The molecule has 4 fully saturated rings. The lowest BCUT2D eigenvalue weighted by atomic mass is 9.87. The number of aliphatic hydroxyl groups excluding tert-OH is 1. The second-order valence-corrected chi connectivity index (χ2v) is 11.3. The highest BCUT2D eigenvalue weighted by Crippen LogP contribution is 2.36. The lowest BCUT2D eigenvalue weighted by Gasteiger charge is -2.42. The fourth-order valence-corrected chi connectivity index (χ4v) is 6.85. The predicted octanol–water partition coefficient (Wildman–Crippen LogP) is 1.23. The number of carbonyl (C=O) groups is 1. The molecule has 4 rings (SSSR count). The highest BCUT2D eigenvalue weighted by molar-refractivity contribution is 9.09. The molecule has 8 nitrogen and oxygen atoms in total. The molecular weight excluding hydrogens is 474 g/mol. The molecule has 4 N–H and O–H groups in total. The summed E-state index contributed by atoms with van der Waals surface area (Å²) in [4.78, 5) is 15.2.